The van der Waals surface area contributed by atoms with E-state index in [1.54, 1.807) is 6.92 Å². The monoisotopic (exact) mass is 255 g/mol. The first-order chi connectivity index (χ1) is 8.58. The molecule has 1 amide bonds. The molecular formula is C10H13N3O5. The summed E-state index contributed by atoms with van der Waals surface area (Å²) < 4.78 is 9.73. The number of aliphatic carboxylic acids is 1. The van der Waals surface area contributed by atoms with Crippen molar-refractivity contribution in [2.24, 2.45) is 5.92 Å². The number of carboxylic acids is 1. The van der Waals surface area contributed by atoms with Gasteiger partial charge in [0.2, 0.25) is 5.91 Å². The summed E-state index contributed by atoms with van der Waals surface area (Å²) in [4.78, 5) is 23.7. The van der Waals surface area contributed by atoms with Crippen molar-refractivity contribution in [1.29, 1.82) is 0 Å². The van der Waals surface area contributed by atoms with E-state index < -0.39 is 11.9 Å². The first-order valence-corrected chi connectivity index (χ1v) is 5.50. The molecule has 1 aromatic rings. The van der Waals surface area contributed by atoms with Gasteiger partial charge in [0.25, 0.3) is 5.88 Å². The molecule has 0 spiro atoms. The van der Waals surface area contributed by atoms with E-state index >= 15 is 0 Å². The minimum atomic E-state index is -0.941. The fourth-order valence-electron chi connectivity index (χ4n) is 1.76. The molecule has 1 aliphatic rings. The third kappa shape index (κ3) is 2.58. The van der Waals surface area contributed by atoms with Crippen LogP contribution in [0, 0.1) is 12.8 Å². The molecule has 1 fully saturated rings. The van der Waals surface area contributed by atoms with Crippen molar-refractivity contribution >= 4 is 11.9 Å². The van der Waals surface area contributed by atoms with Crippen LogP contribution in [0.25, 0.3) is 0 Å². The maximum atomic E-state index is 11.5. The fourth-order valence-corrected chi connectivity index (χ4v) is 1.76. The highest BCUT2D eigenvalue weighted by Crippen LogP contribution is 2.17. The Morgan fingerprint density at radius 1 is 1.61 bits per heavy atom. The summed E-state index contributed by atoms with van der Waals surface area (Å²) in [6, 6.07) is 0. The third-order valence-corrected chi connectivity index (χ3v) is 2.77. The van der Waals surface area contributed by atoms with Crippen molar-refractivity contribution in [2.45, 2.75) is 13.3 Å². The lowest BCUT2D eigenvalue weighted by atomic mass is 10.1. The molecule has 0 radical (unpaired) electrons. The molecule has 2 rings (SSSR count). The Balaban J connectivity index is 1.79. The van der Waals surface area contributed by atoms with Gasteiger partial charge >= 0.3 is 5.97 Å². The number of hydrogen-bond donors (Lipinski definition) is 1. The van der Waals surface area contributed by atoms with E-state index in [-0.39, 0.29) is 31.4 Å². The highest BCUT2D eigenvalue weighted by molar-refractivity contribution is 5.86. The summed E-state index contributed by atoms with van der Waals surface area (Å²) in [6.07, 6.45) is 0.0554. The van der Waals surface area contributed by atoms with Gasteiger partial charge in [-0.25, -0.2) is 4.63 Å². The standard InChI is InChI=1S/C10H13N3O5/c1-6-9(12-18-11-6)17-3-2-13-5-7(10(15)16)4-8(13)14/h7H,2-5H2,1H3,(H,15,16)/t7-/m0/s1. The molecule has 98 valence electrons. The second-order valence-electron chi connectivity index (χ2n) is 4.08. The molecule has 1 aliphatic heterocycles. The molecule has 18 heavy (non-hydrogen) atoms. The van der Waals surface area contributed by atoms with Gasteiger partial charge in [-0.3, -0.25) is 9.59 Å². The van der Waals surface area contributed by atoms with E-state index in [4.69, 9.17) is 9.84 Å². The predicted molar refractivity (Wildman–Crippen MR) is 56.9 cm³/mol. The molecule has 0 bridgehead atoms. The van der Waals surface area contributed by atoms with Crippen LogP contribution < -0.4 is 4.74 Å². The number of aryl methyl sites for hydroxylation is 1. The zero-order valence-electron chi connectivity index (χ0n) is 9.83. The lowest BCUT2D eigenvalue weighted by molar-refractivity contribution is -0.141. The average molecular weight is 255 g/mol. The molecule has 1 N–H and O–H groups in total. The Morgan fingerprint density at radius 3 is 2.94 bits per heavy atom. The molecule has 0 aliphatic carbocycles. The van der Waals surface area contributed by atoms with Crippen LogP contribution in [0.2, 0.25) is 0 Å². The summed E-state index contributed by atoms with van der Waals surface area (Å²) >= 11 is 0. The number of carbonyl (C=O) groups is 2. The highest BCUT2D eigenvalue weighted by atomic mass is 16.6. The van der Waals surface area contributed by atoms with E-state index in [0.717, 1.165) is 0 Å². The van der Waals surface area contributed by atoms with E-state index in [1.807, 2.05) is 0 Å². The molecule has 0 unspecified atom stereocenters. The Morgan fingerprint density at radius 2 is 2.39 bits per heavy atom. The molecule has 1 saturated heterocycles. The van der Waals surface area contributed by atoms with Crippen LogP contribution in [-0.4, -0.2) is 51.9 Å². The molecule has 8 nitrogen and oxygen atoms in total. The van der Waals surface area contributed by atoms with Gasteiger partial charge in [-0.1, -0.05) is 5.16 Å². The van der Waals surface area contributed by atoms with Gasteiger partial charge in [0.1, 0.15) is 12.3 Å². The summed E-state index contributed by atoms with van der Waals surface area (Å²) in [6.45, 7) is 2.48. The van der Waals surface area contributed by atoms with Crippen LogP contribution in [0.5, 0.6) is 5.88 Å². The molecule has 0 aromatic carbocycles. The number of rotatable bonds is 5. The largest absolute Gasteiger partial charge is 0.481 e. The Kier molecular flexibility index (Phi) is 3.45. The second kappa shape index (κ2) is 5.03. The zero-order chi connectivity index (χ0) is 13.1. The topological polar surface area (TPSA) is 106 Å². The minimum absolute atomic E-state index is 0.0554. The maximum absolute atomic E-state index is 11.5. The van der Waals surface area contributed by atoms with E-state index in [2.05, 4.69) is 14.9 Å². The van der Waals surface area contributed by atoms with Gasteiger partial charge in [-0.05, 0) is 12.1 Å². The van der Waals surface area contributed by atoms with Crippen molar-refractivity contribution in [2.75, 3.05) is 19.7 Å². The number of ether oxygens (including phenoxy) is 1. The van der Waals surface area contributed by atoms with Gasteiger partial charge in [0.15, 0.2) is 0 Å². The van der Waals surface area contributed by atoms with E-state index in [9.17, 15) is 9.59 Å². The van der Waals surface area contributed by atoms with Crippen LogP contribution >= 0.6 is 0 Å². The van der Waals surface area contributed by atoms with Gasteiger partial charge < -0.3 is 14.7 Å². The fraction of sp³-hybridized carbons (Fsp3) is 0.600. The van der Waals surface area contributed by atoms with Crippen molar-refractivity contribution in [3.8, 4) is 5.88 Å². The van der Waals surface area contributed by atoms with E-state index in [0.29, 0.717) is 12.2 Å². The Bertz CT molecular complexity index is 458. The molecule has 8 heteroatoms. The highest BCUT2D eigenvalue weighted by Gasteiger charge is 2.33. The molecule has 1 aromatic heterocycles. The Hall–Kier alpha value is -2.12. The zero-order valence-corrected chi connectivity index (χ0v) is 9.83. The summed E-state index contributed by atoms with van der Waals surface area (Å²) in [5, 5.41) is 15.9. The van der Waals surface area contributed by atoms with Crippen molar-refractivity contribution < 1.29 is 24.1 Å². The van der Waals surface area contributed by atoms with Gasteiger partial charge in [0, 0.05) is 13.0 Å². The van der Waals surface area contributed by atoms with Crippen LogP contribution in [0.1, 0.15) is 12.1 Å². The molecule has 0 saturated carbocycles. The quantitative estimate of drug-likeness (QED) is 0.769. The number of carbonyl (C=O) groups excluding carboxylic acids is 1. The molecule has 2 heterocycles. The number of nitrogens with zero attached hydrogens (tertiary/aromatic N) is 3. The van der Waals surface area contributed by atoms with Crippen LogP contribution in [0.4, 0.5) is 0 Å². The maximum Gasteiger partial charge on any atom is 0.308 e. The first-order valence-electron chi connectivity index (χ1n) is 5.50. The summed E-state index contributed by atoms with van der Waals surface area (Å²) in [7, 11) is 0. The molecular weight excluding hydrogens is 242 g/mol. The normalized spacial score (nSPS) is 19.3. The van der Waals surface area contributed by atoms with Gasteiger partial charge in [-0.2, -0.15) is 0 Å². The van der Waals surface area contributed by atoms with Crippen molar-refractivity contribution in [3.05, 3.63) is 5.69 Å². The van der Waals surface area contributed by atoms with E-state index in [1.165, 1.54) is 4.90 Å². The van der Waals surface area contributed by atoms with Gasteiger partial charge in [-0.15, -0.1) is 0 Å². The first kappa shape index (κ1) is 12.3. The summed E-state index contributed by atoms with van der Waals surface area (Å²) in [5.74, 6) is -1.44. The Labute approximate surface area is 102 Å². The number of amides is 1. The van der Waals surface area contributed by atoms with Crippen molar-refractivity contribution in [1.82, 2.24) is 15.2 Å². The lowest BCUT2D eigenvalue weighted by Gasteiger charge is -2.15. The minimum Gasteiger partial charge on any atom is -0.481 e. The second-order valence-corrected chi connectivity index (χ2v) is 4.08. The molecule has 1 atom stereocenters. The van der Waals surface area contributed by atoms with Crippen molar-refractivity contribution in [3.63, 3.8) is 0 Å². The van der Waals surface area contributed by atoms with Crippen LogP contribution in [0.3, 0.4) is 0 Å². The number of likely N-dealkylation sites (tertiary alicyclic amines) is 1. The number of carboxylic acid groups (broad SMARTS) is 1. The van der Waals surface area contributed by atoms with Crippen LogP contribution in [0.15, 0.2) is 4.63 Å². The third-order valence-electron chi connectivity index (χ3n) is 2.77. The summed E-state index contributed by atoms with van der Waals surface area (Å²) in [5.41, 5.74) is 0.533. The number of hydrogen-bond acceptors (Lipinski definition) is 6. The van der Waals surface area contributed by atoms with Crippen LogP contribution in [-0.2, 0) is 9.59 Å². The average Bonchev–Trinajstić information content (AvgIpc) is 2.87. The lowest BCUT2D eigenvalue weighted by Crippen LogP contribution is -2.30. The number of aromatic nitrogens is 2. The van der Waals surface area contributed by atoms with Gasteiger partial charge in [0.05, 0.1) is 12.5 Å². The SMILES string of the molecule is Cc1nonc1OCCN1C[C@@H](C(=O)O)CC1=O. The predicted octanol–water partition coefficient (Wildman–Crippen LogP) is -0.310. The smallest absolute Gasteiger partial charge is 0.308 e.